The zero-order chi connectivity index (χ0) is 10.6. The molecule has 0 aliphatic heterocycles. The number of aromatic nitrogens is 1. The van der Waals surface area contributed by atoms with Crippen molar-refractivity contribution in [3.05, 3.63) is 24.0 Å². The molecule has 1 aromatic rings. The molecule has 88 valence electrons. The molecule has 0 aromatic carbocycles. The maximum atomic E-state index is 12.1. The summed E-state index contributed by atoms with van der Waals surface area (Å²) in [4.78, 5) is 2.84. The summed E-state index contributed by atoms with van der Waals surface area (Å²) < 4.78 is 36.2. The molecule has 0 radical (unpaired) electrons. The molecule has 1 atom stereocenters. The molecule has 6 heteroatoms. The molecule has 2 N–H and O–H groups in total. The Balaban J connectivity index is 0.00000196. The maximum absolute atomic E-state index is 12.1. The van der Waals surface area contributed by atoms with Gasteiger partial charge in [-0.2, -0.15) is 13.2 Å². The summed E-state index contributed by atoms with van der Waals surface area (Å²) in [7, 11) is 0. The molecule has 0 saturated heterocycles. The first kappa shape index (κ1) is 14.3. The minimum atomic E-state index is -4.11. The van der Waals surface area contributed by atoms with E-state index in [0.717, 1.165) is 5.56 Å². The molecule has 1 heterocycles. The van der Waals surface area contributed by atoms with Gasteiger partial charge in [0.05, 0.1) is 5.92 Å². The van der Waals surface area contributed by atoms with Crippen LogP contribution < -0.4 is 5.32 Å². The molecule has 0 spiro atoms. The highest BCUT2D eigenvalue weighted by atomic mass is 35.5. The summed E-state index contributed by atoms with van der Waals surface area (Å²) in [6, 6.07) is 1.82. The Labute approximate surface area is 92.7 Å². The number of hydrogen-bond donors (Lipinski definition) is 2. The van der Waals surface area contributed by atoms with Gasteiger partial charge < -0.3 is 10.3 Å². The quantitative estimate of drug-likeness (QED) is 0.835. The van der Waals surface area contributed by atoms with Crippen molar-refractivity contribution in [2.45, 2.75) is 19.6 Å². The Morgan fingerprint density at radius 1 is 1.47 bits per heavy atom. The van der Waals surface area contributed by atoms with Gasteiger partial charge >= 0.3 is 6.18 Å². The first-order valence-corrected chi connectivity index (χ1v) is 4.39. The van der Waals surface area contributed by atoms with Crippen molar-refractivity contribution in [1.29, 1.82) is 0 Å². The number of alkyl halides is 3. The topological polar surface area (TPSA) is 27.8 Å². The fourth-order valence-corrected chi connectivity index (χ4v) is 1.02. The van der Waals surface area contributed by atoms with E-state index in [1.54, 1.807) is 12.4 Å². The second kappa shape index (κ2) is 6.02. The van der Waals surface area contributed by atoms with Crippen LogP contribution >= 0.6 is 12.4 Å². The van der Waals surface area contributed by atoms with E-state index in [9.17, 15) is 13.2 Å². The van der Waals surface area contributed by atoms with Crippen molar-refractivity contribution >= 4 is 12.4 Å². The average molecular weight is 243 g/mol. The third-order valence-electron chi connectivity index (χ3n) is 2.00. The first-order valence-electron chi connectivity index (χ1n) is 4.39. The van der Waals surface area contributed by atoms with Crippen LogP contribution in [0.25, 0.3) is 0 Å². The van der Waals surface area contributed by atoms with Gasteiger partial charge in [-0.3, -0.25) is 0 Å². The van der Waals surface area contributed by atoms with Gasteiger partial charge in [0.15, 0.2) is 0 Å². The summed E-state index contributed by atoms with van der Waals surface area (Å²) in [5.41, 5.74) is 0.958. The van der Waals surface area contributed by atoms with Crippen LogP contribution in [0, 0.1) is 5.92 Å². The lowest BCUT2D eigenvalue weighted by Gasteiger charge is -2.15. The van der Waals surface area contributed by atoms with E-state index >= 15 is 0 Å². The smallest absolute Gasteiger partial charge is 0.367 e. The van der Waals surface area contributed by atoms with Crippen LogP contribution in [-0.4, -0.2) is 17.7 Å². The normalized spacial score (nSPS) is 13.3. The van der Waals surface area contributed by atoms with Gasteiger partial charge in [-0.05, 0) is 11.6 Å². The third-order valence-corrected chi connectivity index (χ3v) is 2.00. The molecule has 0 saturated carbocycles. The number of rotatable bonds is 4. The molecule has 1 unspecified atom stereocenters. The Kier molecular flexibility index (Phi) is 5.75. The van der Waals surface area contributed by atoms with Crippen molar-refractivity contribution in [3.63, 3.8) is 0 Å². The standard InChI is InChI=1S/C9H13F3N2.ClH/c1-7(9(10,11)12)4-14-6-8-2-3-13-5-8;/h2-3,5,7,13-14H,4,6H2,1H3;1H. The molecule has 0 aliphatic rings. The Hall–Kier alpha value is -0.680. The predicted molar refractivity (Wildman–Crippen MR) is 55.0 cm³/mol. The summed E-state index contributed by atoms with van der Waals surface area (Å²) in [6.07, 6.45) is -0.611. The van der Waals surface area contributed by atoms with E-state index in [2.05, 4.69) is 10.3 Å². The highest BCUT2D eigenvalue weighted by molar-refractivity contribution is 5.85. The van der Waals surface area contributed by atoms with Gasteiger partial charge in [0, 0.05) is 25.5 Å². The molecule has 0 bridgehead atoms. The molecule has 2 nitrogen and oxygen atoms in total. The van der Waals surface area contributed by atoms with Gasteiger partial charge in [0.2, 0.25) is 0 Å². The van der Waals surface area contributed by atoms with Crippen molar-refractivity contribution in [2.75, 3.05) is 6.54 Å². The second-order valence-corrected chi connectivity index (χ2v) is 3.29. The molecule has 0 amide bonds. The molecule has 1 aromatic heterocycles. The fraction of sp³-hybridized carbons (Fsp3) is 0.556. The van der Waals surface area contributed by atoms with E-state index in [-0.39, 0.29) is 19.0 Å². The van der Waals surface area contributed by atoms with E-state index in [1.165, 1.54) is 6.92 Å². The van der Waals surface area contributed by atoms with E-state index in [1.807, 2.05) is 6.07 Å². The molecule has 1 rings (SSSR count). The van der Waals surface area contributed by atoms with Gasteiger partial charge in [-0.15, -0.1) is 12.4 Å². The Bertz CT molecular complexity index is 259. The van der Waals surface area contributed by atoms with Crippen molar-refractivity contribution < 1.29 is 13.2 Å². The van der Waals surface area contributed by atoms with E-state index in [0.29, 0.717) is 6.54 Å². The molecular weight excluding hydrogens is 229 g/mol. The average Bonchev–Trinajstić information content (AvgIpc) is 2.55. The lowest BCUT2D eigenvalue weighted by atomic mass is 10.2. The van der Waals surface area contributed by atoms with E-state index in [4.69, 9.17) is 0 Å². The van der Waals surface area contributed by atoms with Crippen LogP contribution in [-0.2, 0) is 6.54 Å². The van der Waals surface area contributed by atoms with Crippen LogP contribution in [0.3, 0.4) is 0 Å². The SMILES string of the molecule is CC(CNCc1cc[nH]c1)C(F)(F)F.Cl. The highest BCUT2D eigenvalue weighted by Crippen LogP contribution is 2.24. The number of halogens is 4. The van der Waals surface area contributed by atoms with Crippen LogP contribution in [0.5, 0.6) is 0 Å². The van der Waals surface area contributed by atoms with Crippen LogP contribution in [0.2, 0.25) is 0 Å². The highest BCUT2D eigenvalue weighted by Gasteiger charge is 2.35. The number of aromatic amines is 1. The first-order chi connectivity index (χ1) is 6.50. The molecule has 0 aliphatic carbocycles. The maximum Gasteiger partial charge on any atom is 0.392 e. The van der Waals surface area contributed by atoms with Crippen LogP contribution in [0.4, 0.5) is 13.2 Å². The van der Waals surface area contributed by atoms with Crippen molar-refractivity contribution in [1.82, 2.24) is 10.3 Å². The third kappa shape index (κ3) is 5.09. The van der Waals surface area contributed by atoms with Gasteiger partial charge in [-0.25, -0.2) is 0 Å². The lowest BCUT2D eigenvalue weighted by Crippen LogP contribution is -2.30. The van der Waals surface area contributed by atoms with Gasteiger partial charge in [0.25, 0.3) is 0 Å². The minimum absolute atomic E-state index is 0. The molecule has 15 heavy (non-hydrogen) atoms. The lowest BCUT2D eigenvalue weighted by molar-refractivity contribution is -0.168. The number of nitrogens with one attached hydrogen (secondary N) is 2. The predicted octanol–water partition coefficient (Wildman–Crippen LogP) is 2.72. The molecule has 0 fully saturated rings. The summed E-state index contributed by atoms with van der Waals surface area (Å²) >= 11 is 0. The van der Waals surface area contributed by atoms with Gasteiger partial charge in [-0.1, -0.05) is 6.92 Å². The summed E-state index contributed by atoms with van der Waals surface area (Å²) in [5.74, 6) is -1.30. The zero-order valence-electron chi connectivity index (χ0n) is 8.27. The number of hydrogen-bond acceptors (Lipinski definition) is 1. The zero-order valence-corrected chi connectivity index (χ0v) is 9.08. The van der Waals surface area contributed by atoms with Crippen molar-refractivity contribution in [3.8, 4) is 0 Å². The van der Waals surface area contributed by atoms with Crippen molar-refractivity contribution in [2.24, 2.45) is 5.92 Å². The van der Waals surface area contributed by atoms with E-state index < -0.39 is 12.1 Å². The van der Waals surface area contributed by atoms with Crippen LogP contribution in [0.15, 0.2) is 18.5 Å². The molecular formula is C9H14ClF3N2. The van der Waals surface area contributed by atoms with Crippen LogP contribution in [0.1, 0.15) is 12.5 Å². The Morgan fingerprint density at radius 2 is 2.13 bits per heavy atom. The monoisotopic (exact) mass is 242 g/mol. The second-order valence-electron chi connectivity index (χ2n) is 3.29. The fourth-order valence-electron chi connectivity index (χ4n) is 1.02. The summed E-state index contributed by atoms with van der Waals surface area (Å²) in [5, 5.41) is 2.75. The number of H-pyrrole nitrogens is 1. The largest absolute Gasteiger partial charge is 0.392 e. The Morgan fingerprint density at radius 3 is 2.60 bits per heavy atom. The van der Waals surface area contributed by atoms with Gasteiger partial charge in [0.1, 0.15) is 0 Å². The summed E-state index contributed by atoms with van der Waals surface area (Å²) in [6.45, 7) is 1.59. The minimum Gasteiger partial charge on any atom is -0.367 e.